The average molecular weight is 569 g/mol. The highest BCUT2D eigenvalue weighted by molar-refractivity contribution is 5.97. The van der Waals surface area contributed by atoms with Crippen LogP contribution in [0.1, 0.15) is 109 Å². The van der Waals surface area contributed by atoms with Gasteiger partial charge < -0.3 is 4.74 Å². The highest BCUT2D eigenvalue weighted by Crippen LogP contribution is 2.58. The van der Waals surface area contributed by atoms with E-state index in [1.165, 1.54) is 36.8 Å². The second kappa shape index (κ2) is 11.2. The molecule has 0 atom stereocenters. The van der Waals surface area contributed by atoms with E-state index in [4.69, 9.17) is 9.72 Å². The molecule has 1 amide bonds. The van der Waals surface area contributed by atoms with E-state index in [-0.39, 0.29) is 22.2 Å². The number of nitrogens with zero attached hydrogens (tertiary/aromatic N) is 4. The third-order valence-corrected chi connectivity index (χ3v) is 11.1. The number of methoxy groups -OCH3 is 1. The lowest BCUT2D eigenvalue weighted by atomic mass is 9.51. The zero-order chi connectivity index (χ0) is 29.5. The van der Waals surface area contributed by atoms with Gasteiger partial charge in [-0.1, -0.05) is 38.3 Å². The normalized spacial score (nSPS) is 25.0. The molecule has 2 aromatic heterocycles. The van der Waals surface area contributed by atoms with Crippen molar-refractivity contribution in [2.24, 2.45) is 10.8 Å². The number of hydrogen-bond donors (Lipinski definition) is 0. The first-order valence-corrected chi connectivity index (χ1v) is 16.1. The van der Waals surface area contributed by atoms with Crippen LogP contribution in [0.3, 0.4) is 0 Å². The third kappa shape index (κ3) is 5.26. The number of benzene rings is 1. The summed E-state index contributed by atoms with van der Waals surface area (Å²) in [5.41, 5.74) is 4.89. The molecule has 224 valence electrons. The molecule has 42 heavy (non-hydrogen) atoms. The first-order valence-electron chi connectivity index (χ1n) is 16.1. The molecule has 0 aliphatic heterocycles. The second-order valence-electron chi connectivity index (χ2n) is 14.2. The van der Waals surface area contributed by atoms with Crippen molar-refractivity contribution in [1.29, 1.82) is 0 Å². The summed E-state index contributed by atoms with van der Waals surface area (Å²) in [6.07, 6.45) is 18.3. The SMILES string of the molecule is COc1ccc(C23CCC(CN(C(=O)C4(C)CCCCC4)c4cc(-c5cnn(C(C)C)c5)ccn4)(CC2)CC3)cc1C. The fraction of sp³-hybridized carbons (Fsp3) is 0.583. The lowest BCUT2D eigenvalue weighted by Gasteiger charge is -2.55. The van der Waals surface area contributed by atoms with E-state index >= 15 is 0 Å². The number of amides is 1. The van der Waals surface area contributed by atoms with Gasteiger partial charge >= 0.3 is 0 Å². The van der Waals surface area contributed by atoms with Gasteiger partial charge in [0.25, 0.3) is 0 Å². The monoisotopic (exact) mass is 568 g/mol. The number of aryl methyl sites for hydroxylation is 1. The van der Waals surface area contributed by atoms with Gasteiger partial charge in [0.2, 0.25) is 5.91 Å². The maximum absolute atomic E-state index is 14.5. The Bertz CT molecular complexity index is 1410. The molecule has 0 N–H and O–H groups in total. The maximum Gasteiger partial charge on any atom is 0.234 e. The van der Waals surface area contributed by atoms with E-state index in [2.05, 4.69) is 68.2 Å². The van der Waals surface area contributed by atoms with Crippen LogP contribution in [0.5, 0.6) is 5.75 Å². The first-order chi connectivity index (χ1) is 20.2. The number of anilines is 1. The van der Waals surface area contributed by atoms with Crippen LogP contribution < -0.4 is 9.64 Å². The van der Waals surface area contributed by atoms with Gasteiger partial charge in [0.1, 0.15) is 11.6 Å². The lowest BCUT2D eigenvalue weighted by Crippen LogP contribution is -2.53. The van der Waals surface area contributed by atoms with Crippen molar-refractivity contribution in [1.82, 2.24) is 14.8 Å². The fourth-order valence-electron chi connectivity index (χ4n) is 8.12. The molecule has 3 aromatic rings. The molecule has 6 nitrogen and oxygen atoms in total. The molecule has 0 saturated heterocycles. The molecule has 4 fully saturated rings. The number of aromatic nitrogens is 3. The van der Waals surface area contributed by atoms with Gasteiger partial charge in [-0.2, -0.15) is 5.10 Å². The Morgan fingerprint density at radius 2 is 1.69 bits per heavy atom. The average Bonchev–Trinajstić information content (AvgIpc) is 3.52. The van der Waals surface area contributed by atoms with Crippen molar-refractivity contribution in [3.05, 3.63) is 60.0 Å². The predicted molar refractivity (Wildman–Crippen MR) is 169 cm³/mol. The van der Waals surface area contributed by atoms with E-state index in [1.54, 1.807) is 7.11 Å². The minimum Gasteiger partial charge on any atom is -0.496 e. The van der Waals surface area contributed by atoms with Crippen LogP contribution in [-0.2, 0) is 10.2 Å². The molecule has 4 aliphatic carbocycles. The van der Waals surface area contributed by atoms with Crippen molar-refractivity contribution in [3.8, 4) is 16.9 Å². The maximum atomic E-state index is 14.5. The Labute approximate surface area is 251 Å². The van der Waals surface area contributed by atoms with Gasteiger partial charge in [0.05, 0.1) is 13.3 Å². The van der Waals surface area contributed by atoms with E-state index in [1.807, 2.05) is 23.1 Å². The van der Waals surface area contributed by atoms with Crippen molar-refractivity contribution in [2.45, 2.75) is 110 Å². The smallest absolute Gasteiger partial charge is 0.234 e. The van der Waals surface area contributed by atoms with E-state index < -0.39 is 0 Å². The number of ether oxygens (including phenoxy) is 1. The molecule has 4 aliphatic rings. The van der Waals surface area contributed by atoms with Crippen LogP contribution in [0.4, 0.5) is 5.82 Å². The van der Waals surface area contributed by atoms with Crippen LogP contribution in [0.25, 0.3) is 11.1 Å². The van der Waals surface area contributed by atoms with Gasteiger partial charge in [-0.05, 0) is 118 Å². The summed E-state index contributed by atoms with van der Waals surface area (Å²) >= 11 is 0. The second-order valence-corrected chi connectivity index (χ2v) is 14.2. The molecule has 2 heterocycles. The van der Waals surface area contributed by atoms with Crippen LogP contribution >= 0.6 is 0 Å². The van der Waals surface area contributed by atoms with Gasteiger partial charge in [-0.15, -0.1) is 0 Å². The molecule has 1 aromatic carbocycles. The quantitative estimate of drug-likeness (QED) is 0.274. The molecule has 0 radical (unpaired) electrons. The highest BCUT2D eigenvalue weighted by Gasteiger charge is 2.51. The third-order valence-electron chi connectivity index (χ3n) is 11.1. The molecule has 4 saturated carbocycles. The van der Waals surface area contributed by atoms with E-state index in [9.17, 15) is 4.79 Å². The summed E-state index contributed by atoms with van der Waals surface area (Å²) in [7, 11) is 1.75. The first kappa shape index (κ1) is 28.9. The number of carbonyl (C=O) groups excluding carboxylic acids is 1. The Balaban J connectivity index is 1.29. The summed E-state index contributed by atoms with van der Waals surface area (Å²) in [5.74, 6) is 2.03. The molecule has 6 heteroatoms. The molecule has 0 spiro atoms. The van der Waals surface area contributed by atoms with Crippen LogP contribution in [0.15, 0.2) is 48.9 Å². The number of carbonyl (C=O) groups is 1. The number of hydrogen-bond acceptors (Lipinski definition) is 4. The minimum atomic E-state index is -0.317. The van der Waals surface area contributed by atoms with Crippen molar-refractivity contribution < 1.29 is 9.53 Å². The topological polar surface area (TPSA) is 60.2 Å². The van der Waals surface area contributed by atoms with Gasteiger partial charge in [0.15, 0.2) is 0 Å². The van der Waals surface area contributed by atoms with Gasteiger partial charge in [-0.3, -0.25) is 14.4 Å². The largest absolute Gasteiger partial charge is 0.496 e. The van der Waals surface area contributed by atoms with Gasteiger partial charge in [-0.25, -0.2) is 4.98 Å². The fourth-order valence-corrected chi connectivity index (χ4v) is 8.12. The Kier molecular flexibility index (Phi) is 7.69. The standard InChI is InChI=1S/C36H48N4O2/c1-26(2)40-24-29(23-38-40)28-11-20-37-32(22-28)39(33(41)34(4)12-7-6-8-13-34)25-35-14-17-36(18-15-35,19-16-35)30-9-10-31(42-5)27(3)21-30/h9-11,20-24,26H,6-8,12-19,25H2,1-5H3. The minimum absolute atomic E-state index is 0.143. The van der Waals surface area contributed by atoms with Crippen LogP contribution in [0, 0.1) is 17.8 Å². The van der Waals surface area contributed by atoms with Crippen molar-refractivity contribution in [2.75, 3.05) is 18.6 Å². The number of fused-ring (bicyclic) bond motifs is 3. The summed E-state index contributed by atoms with van der Waals surface area (Å²) in [6, 6.07) is 11.3. The number of pyridine rings is 1. The highest BCUT2D eigenvalue weighted by atomic mass is 16.5. The Hall–Kier alpha value is -3.15. The number of rotatable bonds is 8. The Morgan fingerprint density at radius 3 is 2.31 bits per heavy atom. The van der Waals surface area contributed by atoms with Gasteiger partial charge in [0, 0.05) is 36.0 Å². The molecular weight excluding hydrogens is 520 g/mol. The zero-order valence-electron chi connectivity index (χ0n) is 26.3. The zero-order valence-corrected chi connectivity index (χ0v) is 26.3. The summed E-state index contributed by atoms with van der Waals surface area (Å²) in [5, 5.41) is 4.56. The predicted octanol–water partition coefficient (Wildman–Crippen LogP) is 8.44. The summed E-state index contributed by atoms with van der Waals surface area (Å²) in [4.78, 5) is 21.5. The lowest BCUT2D eigenvalue weighted by molar-refractivity contribution is -0.129. The van der Waals surface area contributed by atoms with Crippen LogP contribution in [-0.4, -0.2) is 34.3 Å². The molecule has 0 unspecified atom stereocenters. The van der Waals surface area contributed by atoms with Crippen molar-refractivity contribution in [3.63, 3.8) is 0 Å². The Morgan fingerprint density at radius 1 is 0.976 bits per heavy atom. The van der Waals surface area contributed by atoms with E-state index in [0.29, 0.717) is 6.04 Å². The van der Waals surface area contributed by atoms with Crippen LogP contribution in [0.2, 0.25) is 0 Å². The molecule has 2 bridgehead atoms. The van der Waals surface area contributed by atoms with Crippen molar-refractivity contribution >= 4 is 11.7 Å². The summed E-state index contributed by atoms with van der Waals surface area (Å²) < 4.78 is 7.53. The van der Waals surface area contributed by atoms with E-state index in [0.717, 1.165) is 74.2 Å². The molecular formula is C36H48N4O2. The molecule has 7 rings (SSSR count). The summed E-state index contributed by atoms with van der Waals surface area (Å²) in [6.45, 7) is 9.39.